The lowest BCUT2D eigenvalue weighted by molar-refractivity contribution is -0.871. The molecule has 0 aromatic heterocycles. The molecule has 0 bridgehead atoms. The van der Waals surface area contributed by atoms with E-state index in [0.29, 0.717) is 13.2 Å². The number of likely N-dealkylation sites (N-methyl/N-ethyl adjacent to an activating group) is 1. The standard InChI is InChI=1S/C16H25N3O3/c1-16(2,3)18-15(21)17-14(20)12-19(4)10-11-22-13-8-6-5-7-9-13/h5-9H,10-12H2,1-4H3,(H2,17,18,20,21)/p+1. The molecular weight excluding hydrogens is 282 g/mol. The molecule has 3 amide bonds. The summed E-state index contributed by atoms with van der Waals surface area (Å²) in [5, 5.41) is 5.01. The van der Waals surface area contributed by atoms with Crippen molar-refractivity contribution in [2.24, 2.45) is 0 Å². The normalized spacial score (nSPS) is 12.4. The molecule has 0 aliphatic heterocycles. The van der Waals surface area contributed by atoms with Gasteiger partial charge in [-0.05, 0) is 32.9 Å². The first kappa shape index (κ1) is 18.0. The van der Waals surface area contributed by atoms with Gasteiger partial charge < -0.3 is 15.0 Å². The Hall–Kier alpha value is -2.08. The maximum Gasteiger partial charge on any atom is 0.322 e. The third kappa shape index (κ3) is 8.26. The monoisotopic (exact) mass is 308 g/mol. The van der Waals surface area contributed by atoms with E-state index in [1.165, 1.54) is 0 Å². The predicted octanol–water partition coefficient (Wildman–Crippen LogP) is 0.204. The molecule has 0 spiro atoms. The van der Waals surface area contributed by atoms with Crippen molar-refractivity contribution < 1.29 is 19.2 Å². The molecule has 1 aromatic rings. The molecule has 0 saturated carbocycles. The fourth-order valence-electron chi connectivity index (χ4n) is 1.76. The van der Waals surface area contributed by atoms with Crippen LogP contribution in [0.4, 0.5) is 4.79 Å². The highest BCUT2D eigenvalue weighted by Gasteiger charge is 2.17. The van der Waals surface area contributed by atoms with Crippen LogP contribution in [0.25, 0.3) is 0 Å². The van der Waals surface area contributed by atoms with E-state index in [4.69, 9.17) is 4.74 Å². The number of rotatable bonds is 6. The van der Waals surface area contributed by atoms with Crippen molar-refractivity contribution in [3.8, 4) is 5.75 Å². The summed E-state index contributed by atoms with van der Waals surface area (Å²) in [6, 6.07) is 9.06. The molecule has 3 N–H and O–H groups in total. The maximum absolute atomic E-state index is 11.7. The van der Waals surface area contributed by atoms with Gasteiger partial charge in [0.1, 0.15) is 18.9 Å². The van der Waals surface area contributed by atoms with Crippen LogP contribution in [0.5, 0.6) is 5.75 Å². The van der Waals surface area contributed by atoms with E-state index in [0.717, 1.165) is 10.6 Å². The SMILES string of the molecule is C[NH+](CCOc1ccccc1)CC(=O)NC(=O)NC(C)(C)C. The zero-order valence-corrected chi connectivity index (χ0v) is 13.7. The van der Waals surface area contributed by atoms with Crippen LogP contribution in [-0.4, -0.2) is 44.2 Å². The van der Waals surface area contributed by atoms with Gasteiger partial charge in [-0.25, -0.2) is 4.79 Å². The first-order chi connectivity index (χ1) is 10.3. The van der Waals surface area contributed by atoms with Crippen molar-refractivity contribution in [2.45, 2.75) is 26.3 Å². The molecule has 1 aromatic carbocycles. The number of hydrogen-bond acceptors (Lipinski definition) is 3. The van der Waals surface area contributed by atoms with Crippen LogP contribution in [0.2, 0.25) is 0 Å². The predicted molar refractivity (Wildman–Crippen MR) is 85.0 cm³/mol. The zero-order chi connectivity index (χ0) is 16.6. The lowest BCUT2D eigenvalue weighted by Crippen LogP contribution is -3.10. The highest BCUT2D eigenvalue weighted by Crippen LogP contribution is 2.06. The van der Waals surface area contributed by atoms with Crippen molar-refractivity contribution in [1.29, 1.82) is 0 Å². The molecule has 122 valence electrons. The van der Waals surface area contributed by atoms with Gasteiger partial charge in [-0.3, -0.25) is 10.1 Å². The summed E-state index contributed by atoms with van der Waals surface area (Å²) >= 11 is 0. The van der Waals surface area contributed by atoms with Gasteiger partial charge in [-0.15, -0.1) is 0 Å². The third-order valence-corrected chi connectivity index (χ3v) is 2.74. The molecule has 1 atom stereocenters. The Labute approximate surface area is 131 Å². The highest BCUT2D eigenvalue weighted by molar-refractivity contribution is 5.94. The smallest absolute Gasteiger partial charge is 0.322 e. The second-order valence-electron chi connectivity index (χ2n) is 6.30. The molecule has 6 heteroatoms. The number of para-hydroxylation sites is 1. The molecule has 0 saturated heterocycles. The lowest BCUT2D eigenvalue weighted by atomic mass is 10.1. The summed E-state index contributed by atoms with van der Waals surface area (Å²) in [5.41, 5.74) is -0.368. The summed E-state index contributed by atoms with van der Waals surface area (Å²) in [6.07, 6.45) is 0. The summed E-state index contributed by atoms with van der Waals surface area (Å²) in [6.45, 7) is 6.97. The quantitative estimate of drug-likeness (QED) is 0.703. The Morgan fingerprint density at radius 2 is 1.82 bits per heavy atom. The Bertz CT molecular complexity index is 483. The fourth-order valence-corrected chi connectivity index (χ4v) is 1.76. The number of nitrogens with one attached hydrogen (secondary N) is 3. The average molecular weight is 308 g/mol. The Kier molecular flexibility index (Phi) is 6.85. The van der Waals surface area contributed by atoms with Gasteiger partial charge in [0.25, 0.3) is 5.91 Å². The number of quaternary nitrogens is 1. The number of carbonyl (C=O) groups is 2. The minimum absolute atomic E-state index is 0.218. The van der Waals surface area contributed by atoms with Crippen LogP contribution in [0, 0.1) is 0 Å². The van der Waals surface area contributed by atoms with Crippen molar-refractivity contribution >= 4 is 11.9 Å². The number of hydrogen-bond donors (Lipinski definition) is 3. The summed E-state index contributed by atoms with van der Waals surface area (Å²) in [5.74, 6) is 0.503. The molecular formula is C16H26N3O3+. The van der Waals surface area contributed by atoms with Crippen molar-refractivity contribution in [1.82, 2.24) is 10.6 Å². The first-order valence-corrected chi connectivity index (χ1v) is 7.37. The molecule has 22 heavy (non-hydrogen) atoms. The molecule has 1 unspecified atom stereocenters. The molecule has 1 rings (SSSR count). The van der Waals surface area contributed by atoms with Gasteiger partial charge in [0.15, 0.2) is 6.54 Å². The molecule has 0 radical (unpaired) electrons. The van der Waals surface area contributed by atoms with Crippen LogP contribution in [0.1, 0.15) is 20.8 Å². The van der Waals surface area contributed by atoms with E-state index in [2.05, 4.69) is 10.6 Å². The average Bonchev–Trinajstić information content (AvgIpc) is 2.37. The second-order valence-corrected chi connectivity index (χ2v) is 6.30. The Balaban J connectivity index is 2.22. The van der Waals surface area contributed by atoms with Crippen LogP contribution in [0.15, 0.2) is 30.3 Å². The first-order valence-electron chi connectivity index (χ1n) is 7.37. The number of imide groups is 1. The number of ether oxygens (including phenoxy) is 1. The minimum Gasteiger partial charge on any atom is -0.488 e. The number of benzene rings is 1. The largest absolute Gasteiger partial charge is 0.488 e. The fraction of sp³-hybridized carbons (Fsp3) is 0.500. The van der Waals surface area contributed by atoms with Gasteiger partial charge in [-0.2, -0.15) is 0 Å². The van der Waals surface area contributed by atoms with Crippen molar-refractivity contribution in [3.05, 3.63) is 30.3 Å². The zero-order valence-electron chi connectivity index (χ0n) is 13.7. The van der Waals surface area contributed by atoms with E-state index < -0.39 is 6.03 Å². The van der Waals surface area contributed by atoms with E-state index >= 15 is 0 Å². The molecule has 0 heterocycles. The van der Waals surface area contributed by atoms with Crippen LogP contribution >= 0.6 is 0 Å². The van der Waals surface area contributed by atoms with E-state index in [1.54, 1.807) is 0 Å². The van der Waals surface area contributed by atoms with Crippen molar-refractivity contribution in [3.63, 3.8) is 0 Å². The lowest BCUT2D eigenvalue weighted by Gasteiger charge is -2.20. The van der Waals surface area contributed by atoms with Crippen LogP contribution in [-0.2, 0) is 4.79 Å². The van der Waals surface area contributed by atoms with Gasteiger partial charge in [0, 0.05) is 5.54 Å². The number of amides is 3. The summed E-state index contributed by atoms with van der Waals surface area (Å²) in [4.78, 5) is 24.3. The van der Waals surface area contributed by atoms with E-state index in [1.807, 2.05) is 58.2 Å². The minimum atomic E-state index is -0.467. The maximum atomic E-state index is 11.7. The van der Waals surface area contributed by atoms with Crippen LogP contribution < -0.4 is 20.3 Å². The van der Waals surface area contributed by atoms with Crippen molar-refractivity contribution in [2.75, 3.05) is 26.7 Å². The van der Waals surface area contributed by atoms with Gasteiger partial charge in [0.2, 0.25) is 0 Å². The van der Waals surface area contributed by atoms with Gasteiger partial charge >= 0.3 is 6.03 Å². The molecule has 0 aliphatic rings. The Morgan fingerprint density at radius 3 is 2.41 bits per heavy atom. The van der Waals surface area contributed by atoms with E-state index in [-0.39, 0.29) is 18.0 Å². The summed E-state index contributed by atoms with van der Waals surface area (Å²) in [7, 11) is 1.88. The molecule has 0 aliphatic carbocycles. The topological polar surface area (TPSA) is 71.9 Å². The van der Waals surface area contributed by atoms with E-state index in [9.17, 15) is 9.59 Å². The van der Waals surface area contributed by atoms with Gasteiger partial charge in [-0.1, -0.05) is 18.2 Å². The van der Waals surface area contributed by atoms with Gasteiger partial charge in [0.05, 0.1) is 7.05 Å². The highest BCUT2D eigenvalue weighted by atomic mass is 16.5. The summed E-state index contributed by atoms with van der Waals surface area (Å²) < 4.78 is 5.57. The number of urea groups is 1. The van der Waals surface area contributed by atoms with Crippen LogP contribution in [0.3, 0.4) is 0 Å². The second kappa shape index (κ2) is 8.38. The third-order valence-electron chi connectivity index (χ3n) is 2.74. The Morgan fingerprint density at radius 1 is 1.18 bits per heavy atom. The molecule has 6 nitrogen and oxygen atoms in total. The molecule has 0 fully saturated rings. The number of carbonyl (C=O) groups excluding carboxylic acids is 2.